The van der Waals surface area contributed by atoms with Gasteiger partial charge in [-0.25, -0.2) is 8.42 Å². The summed E-state index contributed by atoms with van der Waals surface area (Å²) in [6.45, 7) is 6.58. The van der Waals surface area contributed by atoms with Crippen molar-refractivity contribution in [2.75, 3.05) is 13.1 Å². The summed E-state index contributed by atoms with van der Waals surface area (Å²) in [5.41, 5.74) is 1.93. The molecule has 0 aliphatic carbocycles. The van der Waals surface area contributed by atoms with Gasteiger partial charge in [0.15, 0.2) is 0 Å². The van der Waals surface area contributed by atoms with Gasteiger partial charge in [-0.1, -0.05) is 59.6 Å². The van der Waals surface area contributed by atoms with Crippen molar-refractivity contribution >= 4 is 31.9 Å². The minimum atomic E-state index is -3.81. The molecule has 0 bridgehead atoms. The lowest BCUT2D eigenvalue weighted by Gasteiger charge is -2.22. The van der Waals surface area contributed by atoms with E-state index in [1.54, 1.807) is 12.1 Å². The summed E-state index contributed by atoms with van der Waals surface area (Å²) >= 11 is 3.32. The van der Waals surface area contributed by atoms with Crippen LogP contribution in [0.3, 0.4) is 0 Å². The first-order valence-electron chi connectivity index (χ1n) is 9.26. The lowest BCUT2D eigenvalue weighted by atomic mass is 10.1. The van der Waals surface area contributed by atoms with Crippen molar-refractivity contribution in [3.63, 3.8) is 0 Å². The molecular weight excluding hydrogens is 440 g/mol. The number of hydrogen-bond acceptors (Lipinski definition) is 3. The van der Waals surface area contributed by atoms with Crippen LogP contribution in [0.5, 0.6) is 0 Å². The molecule has 28 heavy (non-hydrogen) atoms. The summed E-state index contributed by atoms with van der Waals surface area (Å²) in [7, 11) is -3.81. The maximum atomic E-state index is 13.2. The Kier molecular flexibility index (Phi) is 8.22. The molecule has 0 saturated heterocycles. The van der Waals surface area contributed by atoms with E-state index in [-0.39, 0.29) is 23.9 Å². The average molecular weight is 467 g/mol. The van der Waals surface area contributed by atoms with Crippen molar-refractivity contribution in [2.24, 2.45) is 5.92 Å². The monoisotopic (exact) mass is 466 g/mol. The number of rotatable bonds is 9. The molecule has 0 radical (unpaired) electrons. The maximum absolute atomic E-state index is 13.2. The van der Waals surface area contributed by atoms with E-state index in [1.165, 1.54) is 16.4 Å². The zero-order chi connectivity index (χ0) is 20.7. The van der Waals surface area contributed by atoms with Gasteiger partial charge in [0.25, 0.3) is 0 Å². The first-order valence-corrected chi connectivity index (χ1v) is 11.5. The lowest BCUT2D eigenvalue weighted by Crippen LogP contribution is -2.40. The zero-order valence-corrected chi connectivity index (χ0v) is 18.9. The highest BCUT2D eigenvalue weighted by molar-refractivity contribution is 9.10. The van der Waals surface area contributed by atoms with E-state index in [4.69, 9.17) is 0 Å². The van der Waals surface area contributed by atoms with Gasteiger partial charge in [-0.2, -0.15) is 4.31 Å². The molecule has 0 heterocycles. The van der Waals surface area contributed by atoms with E-state index in [9.17, 15) is 13.2 Å². The van der Waals surface area contributed by atoms with Crippen LogP contribution in [-0.2, 0) is 21.4 Å². The summed E-state index contributed by atoms with van der Waals surface area (Å²) in [6, 6.07) is 14.1. The zero-order valence-electron chi connectivity index (χ0n) is 16.5. The van der Waals surface area contributed by atoms with Gasteiger partial charge in [0.05, 0.1) is 11.4 Å². The van der Waals surface area contributed by atoms with Crippen molar-refractivity contribution in [1.29, 1.82) is 0 Å². The second-order valence-corrected chi connectivity index (χ2v) is 10.1. The van der Waals surface area contributed by atoms with Crippen LogP contribution in [0.15, 0.2) is 57.9 Å². The van der Waals surface area contributed by atoms with E-state index in [0.717, 1.165) is 22.0 Å². The summed E-state index contributed by atoms with van der Waals surface area (Å²) in [5, 5.41) is 2.82. The number of benzene rings is 2. The van der Waals surface area contributed by atoms with Crippen molar-refractivity contribution in [2.45, 2.75) is 38.6 Å². The third-order valence-corrected chi connectivity index (χ3v) is 6.63. The fourth-order valence-electron chi connectivity index (χ4n) is 2.59. The molecule has 0 spiro atoms. The van der Waals surface area contributed by atoms with Gasteiger partial charge in [0, 0.05) is 17.6 Å². The van der Waals surface area contributed by atoms with E-state index in [0.29, 0.717) is 12.5 Å². The third kappa shape index (κ3) is 6.72. The van der Waals surface area contributed by atoms with Crippen LogP contribution in [-0.4, -0.2) is 31.7 Å². The first-order chi connectivity index (χ1) is 13.2. The van der Waals surface area contributed by atoms with E-state index in [2.05, 4.69) is 35.1 Å². The third-order valence-electron chi connectivity index (χ3n) is 4.29. The second-order valence-electron chi connectivity index (χ2n) is 7.25. The topological polar surface area (TPSA) is 66.5 Å². The van der Waals surface area contributed by atoms with E-state index >= 15 is 0 Å². The van der Waals surface area contributed by atoms with Crippen LogP contribution in [0.25, 0.3) is 0 Å². The van der Waals surface area contributed by atoms with Crippen molar-refractivity contribution in [3.05, 3.63) is 64.1 Å². The van der Waals surface area contributed by atoms with Crippen LogP contribution >= 0.6 is 15.9 Å². The first kappa shape index (κ1) is 22.6. The molecule has 0 aliphatic rings. The Labute approximate surface area is 176 Å². The number of carbonyl (C=O) groups is 1. The number of sulfonamides is 1. The molecule has 0 saturated carbocycles. The summed E-state index contributed by atoms with van der Waals surface area (Å²) in [4.78, 5) is 12.6. The highest BCUT2D eigenvalue weighted by atomic mass is 79.9. The van der Waals surface area contributed by atoms with Crippen LogP contribution in [0.4, 0.5) is 0 Å². The van der Waals surface area contributed by atoms with Gasteiger partial charge < -0.3 is 5.32 Å². The number of amides is 1. The van der Waals surface area contributed by atoms with Gasteiger partial charge in [-0.15, -0.1) is 0 Å². The number of halogens is 1. The quantitative estimate of drug-likeness (QED) is 0.604. The molecule has 5 nitrogen and oxygen atoms in total. The Balaban J connectivity index is 2.23. The number of nitrogens with one attached hydrogen (secondary N) is 1. The standard InChI is InChI=1S/C21H27BrN2O3S/c1-16(2)12-13-23-21(25)15-24(14-18-6-4-17(3)5-7-18)28(26,27)20-10-8-19(22)9-11-20/h4-11,16H,12-15H2,1-3H3,(H,23,25). The molecule has 0 aromatic heterocycles. The minimum Gasteiger partial charge on any atom is -0.355 e. The normalized spacial score (nSPS) is 11.8. The molecule has 0 atom stereocenters. The molecule has 0 aliphatic heterocycles. The highest BCUT2D eigenvalue weighted by Crippen LogP contribution is 2.21. The van der Waals surface area contributed by atoms with Gasteiger partial charge >= 0.3 is 0 Å². The maximum Gasteiger partial charge on any atom is 0.243 e. The predicted octanol–water partition coefficient (Wildman–Crippen LogP) is 4.11. The number of hydrogen-bond donors (Lipinski definition) is 1. The lowest BCUT2D eigenvalue weighted by molar-refractivity contribution is -0.121. The van der Waals surface area contributed by atoms with Gasteiger partial charge in [0.2, 0.25) is 15.9 Å². The predicted molar refractivity (Wildman–Crippen MR) is 115 cm³/mol. The van der Waals surface area contributed by atoms with Gasteiger partial charge in [0.1, 0.15) is 0 Å². The Hall–Kier alpha value is -1.70. The fraction of sp³-hybridized carbons (Fsp3) is 0.381. The van der Waals surface area contributed by atoms with E-state index in [1.807, 2.05) is 31.2 Å². The molecule has 2 aromatic rings. The Morgan fingerprint density at radius 2 is 1.68 bits per heavy atom. The number of aryl methyl sites for hydroxylation is 1. The van der Waals surface area contributed by atoms with Crippen LogP contribution in [0.2, 0.25) is 0 Å². The van der Waals surface area contributed by atoms with Crippen molar-refractivity contribution in [1.82, 2.24) is 9.62 Å². The molecule has 1 N–H and O–H groups in total. The second kappa shape index (κ2) is 10.2. The van der Waals surface area contributed by atoms with Crippen LogP contribution < -0.4 is 5.32 Å². The van der Waals surface area contributed by atoms with E-state index < -0.39 is 10.0 Å². The van der Waals surface area contributed by atoms with Gasteiger partial charge in [-0.3, -0.25) is 4.79 Å². The molecule has 7 heteroatoms. The number of nitrogens with zero attached hydrogens (tertiary/aromatic N) is 1. The molecular formula is C21H27BrN2O3S. The summed E-state index contributed by atoms with van der Waals surface area (Å²) < 4.78 is 28.3. The molecule has 2 aromatic carbocycles. The van der Waals surface area contributed by atoms with Crippen molar-refractivity contribution in [3.8, 4) is 0 Å². The molecule has 2 rings (SSSR count). The Morgan fingerprint density at radius 3 is 2.25 bits per heavy atom. The largest absolute Gasteiger partial charge is 0.355 e. The molecule has 0 unspecified atom stereocenters. The van der Waals surface area contributed by atoms with Crippen LogP contribution in [0.1, 0.15) is 31.4 Å². The minimum absolute atomic E-state index is 0.135. The molecule has 152 valence electrons. The molecule has 0 fully saturated rings. The SMILES string of the molecule is Cc1ccc(CN(CC(=O)NCCC(C)C)S(=O)(=O)c2ccc(Br)cc2)cc1. The summed E-state index contributed by atoms with van der Waals surface area (Å²) in [5.74, 6) is 0.170. The highest BCUT2D eigenvalue weighted by Gasteiger charge is 2.26. The average Bonchev–Trinajstić information content (AvgIpc) is 2.63. The summed E-state index contributed by atoms with van der Waals surface area (Å²) in [6.07, 6.45) is 0.850. The van der Waals surface area contributed by atoms with Crippen molar-refractivity contribution < 1.29 is 13.2 Å². The number of carbonyl (C=O) groups excluding carboxylic acids is 1. The fourth-order valence-corrected chi connectivity index (χ4v) is 4.24. The van der Waals surface area contributed by atoms with Gasteiger partial charge in [-0.05, 0) is 49.1 Å². The molecule has 1 amide bonds. The Morgan fingerprint density at radius 1 is 1.07 bits per heavy atom. The Bertz CT molecular complexity index is 879. The smallest absolute Gasteiger partial charge is 0.243 e. The van der Waals surface area contributed by atoms with Crippen LogP contribution in [0, 0.1) is 12.8 Å².